The van der Waals surface area contributed by atoms with Crippen molar-refractivity contribution in [2.45, 2.75) is 13.3 Å². The summed E-state index contributed by atoms with van der Waals surface area (Å²) in [6, 6.07) is 17.0. The van der Waals surface area contributed by atoms with E-state index in [0.29, 0.717) is 0 Å². The molecule has 2 N–H and O–H groups in total. The van der Waals surface area contributed by atoms with Crippen molar-refractivity contribution in [2.75, 3.05) is 0 Å². The lowest BCUT2D eigenvalue weighted by molar-refractivity contribution is 1.10. The molecule has 2 aromatic heterocycles. The Morgan fingerprint density at radius 1 is 0.850 bits per heavy atom. The Hall–Kier alpha value is -2.48. The van der Waals surface area contributed by atoms with E-state index in [0.717, 1.165) is 6.42 Å². The van der Waals surface area contributed by atoms with Crippen molar-refractivity contribution >= 4 is 21.8 Å². The average molecular weight is 260 g/mol. The molecule has 0 spiro atoms. The Balaban J connectivity index is 1.83. The molecule has 0 atom stereocenters. The van der Waals surface area contributed by atoms with Crippen molar-refractivity contribution in [3.05, 3.63) is 71.5 Å². The van der Waals surface area contributed by atoms with Gasteiger partial charge in [0.15, 0.2) is 0 Å². The normalized spacial score (nSPS) is 11.4. The summed E-state index contributed by atoms with van der Waals surface area (Å²) in [4.78, 5) is 6.90. The number of H-pyrrole nitrogens is 2. The monoisotopic (exact) mass is 260 g/mol. The molecule has 2 heteroatoms. The van der Waals surface area contributed by atoms with Crippen molar-refractivity contribution in [3.8, 4) is 0 Å². The van der Waals surface area contributed by atoms with Crippen LogP contribution in [0.1, 0.15) is 16.8 Å². The van der Waals surface area contributed by atoms with E-state index in [2.05, 4.69) is 71.6 Å². The Bertz CT molecular complexity index is 896. The van der Waals surface area contributed by atoms with E-state index in [1.807, 2.05) is 0 Å². The molecule has 0 bridgehead atoms. The Labute approximate surface area is 117 Å². The van der Waals surface area contributed by atoms with E-state index >= 15 is 0 Å². The van der Waals surface area contributed by atoms with Crippen LogP contribution < -0.4 is 0 Å². The topological polar surface area (TPSA) is 31.6 Å². The van der Waals surface area contributed by atoms with Gasteiger partial charge in [-0.2, -0.15) is 0 Å². The van der Waals surface area contributed by atoms with Crippen LogP contribution in [-0.4, -0.2) is 9.97 Å². The first-order valence-corrected chi connectivity index (χ1v) is 6.94. The fourth-order valence-corrected chi connectivity index (χ4v) is 2.98. The molecule has 20 heavy (non-hydrogen) atoms. The van der Waals surface area contributed by atoms with Gasteiger partial charge in [0.2, 0.25) is 0 Å². The lowest BCUT2D eigenvalue weighted by atomic mass is 10.1. The molecule has 2 heterocycles. The largest absolute Gasteiger partial charge is 0.361 e. The molecule has 2 nitrogen and oxygen atoms in total. The van der Waals surface area contributed by atoms with Crippen LogP contribution in [0.25, 0.3) is 21.8 Å². The standard InChI is InChI=1S/C18H16N2/c1-12-14-6-2-5-9-17(14)20-18(12)10-13-11-19-16-8-4-3-7-15(13)16/h2-9,11,19-20H,10H2,1H3. The van der Waals surface area contributed by atoms with Gasteiger partial charge in [0.25, 0.3) is 0 Å². The molecular weight excluding hydrogens is 244 g/mol. The molecule has 0 aliphatic carbocycles. The number of hydrogen-bond acceptors (Lipinski definition) is 0. The fourth-order valence-electron chi connectivity index (χ4n) is 2.98. The summed E-state index contributed by atoms with van der Waals surface area (Å²) < 4.78 is 0. The third-order valence-electron chi connectivity index (χ3n) is 4.11. The van der Waals surface area contributed by atoms with Gasteiger partial charge >= 0.3 is 0 Å². The van der Waals surface area contributed by atoms with Crippen LogP contribution >= 0.6 is 0 Å². The van der Waals surface area contributed by atoms with Crippen molar-refractivity contribution < 1.29 is 0 Å². The zero-order chi connectivity index (χ0) is 13.5. The van der Waals surface area contributed by atoms with Gasteiger partial charge in [0.1, 0.15) is 0 Å². The first-order valence-electron chi connectivity index (χ1n) is 6.94. The number of nitrogens with one attached hydrogen (secondary N) is 2. The summed E-state index contributed by atoms with van der Waals surface area (Å²) >= 11 is 0. The van der Waals surface area contributed by atoms with Crippen LogP contribution in [0.4, 0.5) is 0 Å². The molecule has 2 aromatic carbocycles. The summed E-state index contributed by atoms with van der Waals surface area (Å²) in [6.45, 7) is 2.20. The second-order valence-electron chi connectivity index (χ2n) is 5.31. The zero-order valence-electron chi connectivity index (χ0n) is 11.4. The maximum Gasteiger partial charge on any atom is 0.0458 e. The summed E-state index contributed by atoms with van der Waals surface area (Å²) in [5.41, 5.74) is 6.42. The average Bonchev–Trinajstić information content (AvgIpc) is 3.03. The fraction of sp³-hybridized carbons (Fsp3) is 0.111. The molecule has 4 rings (SSSR count). The van der Waals surface area contributed by atoms with Crippen molar-refractivity contribution in [1.29, 1.82) is 0 Å². The maximum atomic E-state index is 3.55. The van der Waals surface area contributed by atoms with Gasteiger partial charge in [0, 0.05) is 40.1 Å². The molecule has 98 valence electrons. The highest BCUT2D eigenvalue weighted by molar-refractivity contribution is 5.86. The molecular formula is C18H16N2. The third kappa shape index (κ3) is 1.65. The Kier molecular flexibility index (Phi) is 2.43. The van der Waals surface area contributed by atoms with Crippen LogP contribution in [0.5, 0.6) is 0 Å². The minimum Gasteiger partial charge on any atom is -0.361 e. The van der Waals surface area contributed by atoms with Gasteiger partial charge in [-0.15, -0.1) is 0 Å². The minimum atomic E-state index is 0.935. The predicted octanol–water partition coefficient (Wildman–Crippen LogP) is 4.55. The van der Waals surface area contributed by atoms with E-state index in [1.54, 1.807) is 0 Å². The maximum absolute atomic E-state index is 3.55. The van der Waals surface area contributed by atoms with E-state index in [1.165, 1.54) is 38.6 Å². The number of aryl methyl sites for hydroxylation is 1. The lowest BCUT2D eigenvalue weighted by Gasteiger charge is -1.99. The number of hydrogen-bond donors (Lipinski definition) is 2. The van der Waals surface area contributed by atoms with Crippen LogP contribution in [0.3, 0.4) is 0 Å². The molecule has 0 fully saturated rings. The van der Waals surface area contributed by atoms with Gasteiger partial charge < -0.3 is 9.97 Å². The van der Waals surface area contributed by atoms with Crippen LogP contribution in [0, 0.1) is 6.92 Å². The van der Waals surface area contributed by atoms with Gasteiger partial charge in [-0.3, -0.25) is 0 Å². The number of benzene rings is 2. The van der Waals surface area contributed by atoms with Crippen LogP contribution in [-0.2, 0) is 6.42 Å². The molecule has 0 saturated carbocycles. The molecule has 0 amide bonds. The summed E-state index contributed by atoms with van der Waals surface area (Å²) in [5.74, 6) is 0. The van der Waals surface area contributed by atoms with E-state index in [-0.39, 0.29) is 0 Å². The number of fused-ring (bicyclic) bond motifs is 2. The van der Waals surface area contributed by atoms with Crippen LogP contribution in [0.2, 0.25) is 0 Å². The lowest BCUT2D eigenvalue weighted by Crippen LogP contribution is -1.89. The molecule has 4 aromatic rings. The van der Waals surface area contributed by atoms with Crippen LogP contribution in [0.15, 0.2) is 54.7 Å². The second kappa shape index (κ2) is 4.27. The number of aromatic amines is 2. The number of aromatic nitrogens is 2. The van der Waals surface area contributed by atoms with Gasteiger partial charge in [0.05, 0.1) is 0 Å². The number of rotatable bonds is 2. The Morgan fingerprint density at radius 2 is 1.55 bits per heavy atom. The first kappa shape index (κ1) is 11.4. The quantitative estimate of drug-likeness (QED) is 0.530. The highest BCUT2D eigenvalue weighted by Crippen LogP contribution is 2.26. The molecule has 0 aliphatic heterocycles. The third-order valence-corrected chi connectivity index (χ3v) is 4.11. The van der Waals surface area contributed by atoms with Crippen molar-refractivity contribution in [3.63, 3.8) is 0 Å². The second-order valence-corrected chi connectivity index (χ2v) is 5.31. The predicted molar refractivity (Wildman–Crippen MR) is 84.1 cm³/mol. The van der Waals surface area contributed by atoms with E-state index in [9.17, 15) is 0 Å². The Morgan fingerprint density at radius 3 is 2.35 bits per heavy atom. The highest BCUT2D eigenvalue weighted by Gasteiger charge is 2.10. The zero-order valence-corrected chi connectivity index (χ0v) is 11.4. The van der Waals surface area contributed by atoms with Gasteiger partial charge in [-0.25, -0.2) is 0 Å². The van der Waals surface area contributed by atoms with E-state index in [4.69, 9.17) is 0 Å². The first-order chi connectivity index (χ1) is 9.83. The van der Waals surface area contributed by atoms with E-state index < -0.39 is 0 Å². The number of para-hydroxylation sites is 2. The summed E-state index contributed by atoms with van der Waals surface area (Å²) in [6.07, 6.45) is 3.06. The molecule has 0 radical (unpaired) electrons. The smallest absolute Gasteiger partial charge is 0.0458 e. The highest BCUT2D eigenvalue weighted by atomic mass is 14.7. The van der Waals surface area contributed by atoms with Crippen molar-refractivity contribution in [1.82, 2.24) is 9.97 Å². The molecule has 0 aliphatic rings. The summed E-state index contributed by atoms with van der Waals surface area (Å²) in [5, 5.41) is 2.63. The summed E-state index contributed by atoms with van der Waals surface area (Å²) in [7, 11) is 0. The van der Waals surface area contributed by atoms with Crippen molar-refractivity contribution in [2.24, 2.45) is 0 Å². The SMILES string of the molecule is Cc1c(Cc2c[nH]c3ccccc23)[nH]c2ccccc12. The minimum absolute atomic E-state index is 0.935. The van der Waals surface area contributed by atoms with Gasteiger partial charge in [-0.05, 0) is 30.2 Å². The van der Waals surface area contributed by atoms with Gasteiger partial charge in [-0.1, -0.05) is 36.4 Å². The molecule has 0 saturated heterocycles. The molecule has 0 unspecified atom stereocenters.